The predicted octanol–water partition coefficient (Wildman–Crippen LogP) is -2.35. The third-order valence-electron chi connectivity index (χ3n) is 0. The molecule has 0 aromatic rings. The van der Waals surface area contributed by atoms with Crippen molar-refractivity contribution in [3.8, 4) is 0 Å². The molecular weight excluding hydrogens is 189 g/mol. The van der Waals surface area contributed by atoms with Crippen LogP contribution in [0.3, 0.4) is 0 Å². The Kier molecular flexibility index (Phi) is 32.2. The molecular formula is C2H4NNaS4. The fraction of sp³-hybridized carbons (Fsp3) is 0. The number of thiocarbonyl (C=S) groups is 2. The molecule has 0 aromatic heterocycles. The summed E-state index contributed by atoms with van der Waals surface area (Å²) in [4.78, 5) is 0. The summed E-state index contributed by atoms with van der Waals surface area (Å²) in [5.41, 5.74) is 4.71. The topological polar surface area (TPSA) is 26.0 Å². The van der Waals surface area contributed by atoms with E-state index < -0.39 is 0 Å². The summed E-state index contributed by atoms with van der Waals surface area (Å²) in [6.07, 6.45) is 0. The van der Waals surface area contributed by atoms with Gasteiger partial charge in [0.2, 0.25) is 0 Å². The molecule has 0 fully saturated rings. The van der Waals surface area contributed by atoms with Crippen LogP contribution in [-0.4, -0.2) is 9.02 Å². The van der Waals surface area contributed by atoms with E-state index in [1.54, 1.807) is 0 Å². The van der Waals surface area contributed by atoms with Crippen molar-refractivity contribution in [3.63, 3.8) is 0 Å². The smallest absolute Gasteiger partial charge is 0.436 e. The Bertz CT molecular complexity index is 61.1. The Balaban J connectivity index is -0.0000000575. The second-order valence-corrected chi connectivity index (χ2v) is 2.43. The van der Waals surface area contributed by atoms with Crippen LogP contribution in [-0.2, 0) is 12.6 Å². The fourth-order valence-corrected chi connectivity index (χ4v) is 0. The molecule has 0 aliphatic heterocycles. The van der Waals surface area contributed by atoms with Crippen molar-refractivity contribution in [2.45, 2.75) is 0 Å². The molecule has 0 aliphatic carbocycles. The van der Waals surface area contributed by atoms with Crippen LogP contribution in [0.5, 0.6) is 0 Å². The largest absolute Gasteiger partial charge is 1.00 e. The predicted molar refractivity (Wildman–Crippen MR) is 46.8 cm³/mol. The molecule has 0 spiro atoms. The van der Waals surface area contributed by atoms with Crippen LogP contribution in [0, 0.1) is 0 Å². The van der Waals surface area contributed by atoms with Gasteiger partial charge in [-0.05, 0) is 0 Å². The number of hydrogen-bond donors (Lipinski definition) is 2. The maximum absolute atomic E-state index is 4.71. The Morgan fingerprint density at radius 3 is 1.75 bits per heavy atom. The molecule has 8 heavy (non-hydrogen) atoms. The summed E-state index contributed by atoms with van der Waals surface area (Å²) in [5.74, 6) is 0. The van der Waals surface area contributed by atoms with Gasteiger partial charge in [0.25, 0.3) is 0 Å². The molecule has 0 radical (unpaired) electrons. The average molecular weight is 193 g/mol. The Morgan fingerprint density at radius 2 is 1.75 bits per heavy atom. The summed E-state index contributed by atoms with van der Waals surface area (Å²) in [6, 6.07) is 0. The average Bonchev–Trinajstić information content (AvgIpc) is 1.33. The summed E-state index contributed by atoms with van der Waals surface area (Å²) in [7, 11) is 0. The zero-order valence-electron chi connectivity index (χ0n) is 4.33. The van der Waals surface area contributed by atoms with Gasteiger partial charge in [0, 0.05) is 0 Å². The van der Waals surface area contributed by atoms with E-state index in [2.05, 4.69) is 49.7 Å². The Hall–Kier alpha value is 1.55. The van der Waals surface area contributed by atoms with E-state index in [1.807, 2.05) is 0 Å². The van der Waals surface area contributed by atoms with E-state index in [9.17, 15) is 0 Å². The standard InChI is InChI=1S/CH3NS2.CH2S2.Na/c2-1(3)4;2-1-3;/h(H3,2,3,4);1H,(H,2,3);/q;;+1/p-1. The fourth-order valence-electron chi connectivity index (χ4n) is 0. The van der Waals surface area contributed by atoms with Crippen molar-refractivity contribution in [1.29, 1.82) is 0 Å². The van der Waals surface area contributed by atoms with Crippen LogP contribution in [0.1, 0.15) is 0 Å². The van der Waals surface area contributed by atoms with Gasteiger partial charge < -0.3 is 30.6 Å². The zero-order chi connectivity index (χ0) is 6.28. The molecule has 0 saturated heterocycles. The van der Waals surface area contributed by atoms with Crippen LogP contribution in [0.4, 0.5) is 0 Å². The minimum absolute atomic E-state index is 0. The molecule has 0 aliphatic rings. The van der Waals surface area contributed by atoms with E-state index in [-0.39, 0.29) is 33.9 Å². The van der Waals surface area contributed by atoms with E-state index >= 15 is 0 Å². The normalized spacial score (nSPS) is 4.62. The van der Waals surface area contributed by atoms with Gasteiger partial charge in [-0.25, -0.2) is 0 Å². The monoisotopic (exact) mass is 193 g/mol. The molecule has 0 aromatic carbocycles. The first-order valence-electron chi connectivity index (χ1n) is 1.19. The van der Waals surface area contributed by atoms with E-state index in [0.717, 1.165) is 0 Å². The first-order valence-corrected chi connectivity index (χ1v) is 2.99. The summed E-state index contributed by atoms with van der Waals surface area (Å²) in [6.45, 7) is 0. The van der Waals surface area contributed by atoms with E-state index in [1.165, 1.54) is 4.70 Å². The maximum atomic E-state index is 4.71. The van der Waals surface area contributed by atoms with E-state index in [0.29, 0.717) is 0 Å². The number of rotatable bonds is 0. The molecule has 0 unspecified atom stereocenters. The number of hydrogen-bond acceptors (Lipinski definition) is 3. The summed E-state index contributed by atoms with van der Waals surface area (Å²) < 4.78 is 1.36. The first-order chi connectivity index (χ1) is 3.15. The number of thiol groups is 1. The maximum Gasteiger partial charge on any atom is 1.00 e. The molecule has 0 heterocycles. The van der Waals surface area contributed by atoms with Crippen LogP contribution in [0.2, 0.25) is 0 Å². The van der Waals surface area contributed by atoms with Gasteiger partial charge in [0.05, 0.1) is 0 Å². The molecule has 6 heteroatoms. The third-order valence-corrected chi connectivity index (χ3v) is 0. The van der Waals surface area contributed by atoms with Crippen molar-refractivity contribution >= 4 is 58.7 Å². The molecule has 0 atom stereocenters. The molecule has 0 amide bonds. The molecule has 42 valence electrons. The van der Waals surface area contributed by atoms with Crippen molar-refractivity contribution in [2.75, 3.05) is 0 Å². The van der Waals surface area contributed by atoms with Crippen LogP contribution >= 0.6 is 37.1 Å². The minimum atomic E-state index is 0. The van der Waals surface area contributed by atoms with Crippen LogP contribution in [0.15, 0.2) is 0 Å². The van der Waals surface area contributed by atoms with Crippen LogP contribution < -0.4 is 35.3 Å². The van der Waals surface area contributed by atoms with Crippen LogP contribution in [0.25, 0.3) is 0 Å². The van der Waals surface area contributed by atoms with Gasteiger partial charge in [-0.15, -0.1) is 12.6 Å². The summed E-state index contributed by atoms with van der Waals surface area (Å²) in [5, 5.41) is 0. The molecule has 0 rings (SSSR count). The second-order valence-electron chi connectivity index (χ2n) is 0.434. The van der Waals surface area contributed by atoms with Crippen molar-refractivity contribution < 1.29 is 29.6 Å². The van der Waals surface area contributed by atoms with Gasteiger partial charge in [-0.2, -0.15) is 4.70 Å². The summed E-state index contributed by atoms with van der Waals surface area (Å²) >= 11 is 15.8. The van der Waals surface area contributed by atoms with Crippen molar-refractivity contribution in [2.24, 2.45) is 5.73 Å². The van der Waals surface area contributed by atoms with Gasteiger partial charge in [0.1, 0.15) is 4.32 Å². The minimum Gasteiger partial charge on any atom is -0.436 e. The molecule has 0 bridgehead atoms. The molecule has 1 nitrogen and oxygen atoms in total. The first kappa shape index (κ1) is 16.3. The van der Waals surface area contributed by atoms with Gasteiger partial charge in [0.15, 0.2) is 0 Å². The van der Waals surface area contributed by atoms with Gasteiger partial charge in [-0.1, -0.05) is 12.2 Å². The molecule has 0 saturated carbocycles. The van der Waals surface area contributed by atoms with Crippen molar-refractivity contribution in [3.05, 3.63) is 0 Å². The quantitative estimate of drug-likeness (QED) is 0.195. The van der Waals surface area contributed by atoms with Crippen molar-refractivity contribution in [1.82, 2.24) is 0 Å². The Morgan fingerprint density at radius 1 is 1.75 bits per heavy atom. The van der Waals surface area contributed by atoms with Gasteiger partial charge in [-0.3, -0.25) is 0 Å². The second kappa shape index (κ2) is 15.8. The van der Waals surface area contributed by atoms with E-state index in [4.69, 9.17) is 5.73 Å². The SMILES string of the molecule is NC(=S)S.S=C[S-].[Na+]. The third kappa shape index (κ3) is 135. The number of nitrogens with two attached hydrogens (primary N) is 1. The zero-order valence-corrected chi connectivity index (χ0v) is 9.67. The Labute approximate surface area is 92.9 Å². The molecule has 2 N–H and O–H groups in total. The van der Waals surface area contributed by atoms with Gasteiger partial charge >= 0.3 is 29.6 Å².